The van der Waals surface area contributed by atoms with Crippen LogP contribution in [0.3, 0.4) is 0 Å². The van der Waals surface area contributed by atoms with Gasteiger partial charge in [0.25, 0.3) is 0 Å². The molecule has 0 N–H and O–H groups in total. The van der Waals surface area contributed by atoms with Gasteiger partial charge in [-0.2, -0.15) is 0 Å². The van der Waals surface area contributed by atoms with Gasteiger partial charge in [0.05, 0.1) is 6.61 Å². The fraction of sp³-hybridized carbons (Fsp3) is 0.875. The Hall–Kier alpha value is -0.410. The highest BCUT2D eigenvalue weighted by atomic mass is 16.7. The zero-order valence-corrected chi connectivity index (χ0v) is 7.00. The van der Waals surface area contributed by atoms with E-state index in [1.165, 1.54) is 0 Å². The summed E-state index contributed by atoms with van der Waals surface area (Å²) in [5, 5.41) is 0. The van der Waals surface area contributed by atoms with Gasteiger partial charge in [0.2, 0.25) is 0 Å². The highest BCUT2D eigenvalue weighted by Crippen LogP contribution is 2.20. The predicted molar refractivity (Wildman–Crippen MR) is 40.2 cm³/mol. The van der Waals surface area contributed by atoms with Gasteiger partial charge >= 0.3 is 0 Å². The van der Waals surface area contributed by atoms with Crippen molar-refractivity contribution in [1.29, 1.82) is 0 Å². The Morgan fingerprint density at radius 1 is 1.55 bits per heavy atom. The van der Waals surface area contributed by atoms with Gasteiger partial charge < -0.3 is 14.3 Å². The zero-order chi connectivity index (χ0) is 8.32. The topological polar surface area (TPSA) is 35.5 Å². The molecule has 0 spiro atoms. The van der Waals surface area contributed by atoms with E-state index in [-0.39, 0.29) is 6.10 Å². The molecule has 0 saturated carbocycles. The van der Waals surface area contributed by atoms with Crippen molar-refractivity contribution >= 4 is 6.29 Å². The number of hydrogen-bond donors (Lipinski definition) is 0. The highest BCUT2D eigenvalue weighted by molar-refractivity contribution is 5.55. The summed E-state index contributed by atoms with van der Waals surface area (Å²) in [5.74, 6) is -0.595. The molecule has 3 heteroatoms. The molecule has 1 fully saturated rings. The van der Waals surface area contributed by atoms with Crippen LogP contribution in [-0.2, 0) is 14.3 Å². The van der Waals surface area contributed by atoms with Gasteiger partial charge in [-0.3, -0.25) is 0 Å². The van der Waals surface area contributed by atoms with Crippen molar-refractivity contribution < 1.29 is 14.3 Å². The summed E-state index contributed by atoms with van der Waals surface area (Å²) in [4.78, 5) is 10.4. The van der Waals surface area contributed by atoms with E-state index in [0.717, 1.165) is 19.1 Å². The van der Waals surface area contributed by atoms with Gasteiger partial charge in [-0.15, -0.1) is 0 Å². The largest absolute Gasteiger partial charge is 0.350 e. The van der Waals surface area contributed by atoms with Crippen molar-refractivity contribution in [3.8, 4) is 0 Å². The van der Waals surface area contributed by atoms with Crippen molar-refractivity contribution in [2.24, 2.45) is 0 Å². The lowest BCUT2D eigenvalue weighted by Crippen LogP contribution is -2.31. The Morgan fingerprint density at radius 3 is 2.91 bits per heavy atom. The minimum atomic E-state index is -0.595. The third-order valence-corrected chi connectivity index (χ3v) is 1.67. The van der Waals surface area contributed by atoms with Gasteiger partial charge in [0.15, 0.2) is 5.79 Å². The molecule has 0 aromatic carbocycles. The molecule has 1 rings (SSSR count). The molecule has 1 aliphatic rings. The van der Waals surface area contributed by atoms with E-state index in [1.54, 1.807) is 0 Å². The van der Waals surface area contributed by atoms with Crippen molar-refractivity contribution in [3.63, 3.8) is 0 Å². The number of carbonyl (C=O) groups excluding carboxylic acids is 1. The van der Waals surface area contributed by atoms with Crippen LogP contribution in [0.4, 0.5) is 0 Å². The van der Waals surface area contributed by atoms with E-state index in [1.807, 2.05) is 13.8 Å². The van der Waals surface area contributed by atoms with Crippen LogP contribution in [0.1, 0.15) is 26.7 Å². The van der Waals surface area contributed by atoms with Gasteiger partial charge in [-0.1, -0.05) is 0 Å². The first-order valence-electron chi connectivity index (χ1n) is 3.91. The van der Waals surface area contributed by atoms with E-state index in [9.17, 15) is 4.79 Å². The summed E-state index contributed by atoms with van der Waals surface area (Å²) in [5.41, 5.74) is 0. The van der Waals surface area contributed by atoms with E-state index in [4.69, 9.17) is 9.47 Å². The number of aldehydes is 1. The Kier molecular flexibility index (Phi) is 2.62. The molecule has 11 heavy (non-hydrogen) atoms. The fourth-order valence-electron chi connectivity index (χ4n) is 1.16. The molecule has 0 amide bonds. The van der Waals surface area contributed by atoms with Gasteiger partial charge in [-0.25, -0.2) is 0 Å². The molecule has 0 unspecified atom stereocenters. The first-order chi connectivity index (χ1) is 5.14. The summed E-state index contributed by atoms with van der Waals surface area (Å²) in [6.45, 7) is 4.33. The molecule has 0 bridgehead atoms. The quantitative estimate of drug-likeness (QED) is 0.536. The van der Waals surface area contributed by atoms with Crippen molar-refractivity contribution in [2.45, 2.75) is 38.6 Å². The van der Waals surface area contributed by atoms with Crippen LogP contribution in [0, 0.1) is 0 Å². The standard InChI is InChI=1S/C8H14O3/c1-8(2)10-5-3-4-7(6-9)11-8/h6-7H,3-5H2,1-2H3/t7-/m1/s1. The molecule has 0 aliphatic carbocycles. The Bertz CT molecular complexity index is 142. The molecular weight excluding hydrogens is 144 g/mol. The summed E-state index contributed by atoms with van der Waals surface area (Å²) >= 11 is 0. The average molecular weight is 158 g/mol. The molecular formula is C8H14O3. The summed E-state index contributed by atoms with van der Waals surface area (Å²) in [7, 11) is 0. The molecule has 64 valence electrons. The van der Waals surface area contributed by atoms with E-state index >= 15 is 0 Å². The molecule has 0 aromatic heterocycles. The van der Waals surface area contributed by atoms with Crippen molar-refractivity contribution in [3.05, 3.63) is 0 Å². The van der Waals surface area contributed by atoms with Crippen LogP contribution in [0.15, 0.2) is 0 Å². The predicted octanol–water partition coefficient (Wildman–Crippen LogP) is 1.12. The van der Waals surface area contributed by atoms with Gasteiger partial charge in [0, 0.05) is 0 Å². The SMILES string of the molecule is CC1(C)OCCC[C@H](C=O)O1. The highest BCUT2D eigenvalue weighted by Gasteiger charge is 2.26. The minimum Gasteiger partial charge on any atom is -0.350 e. The van der Waals surface area contributed by atoms with Crippen LogP contribution < -0.4 is 0 Å². The number of hydrogen-bond acceptors (Lipinski definition) is 3. The first-order valence-corrected chi connectivity index (χ1v) is 3.91. The average Bonchev–Trinajstić information content (AvgIpc) is 2.10. The van der Waals surface area contributed by atoms with E-state index < -0.39 is 5.79 Å². The molecule has 1 heterocycles. The summed E-state index contributed by atoms with van der Waals surface area (Å²) < 4.78 is 10.7. The normalized spacial score (nSPS) is 30.9. The van der Waals surface area contributed by atoms with Crippen molar-refractivity contribution in [1.82, 2.24) is 0 Å². The van der Waals surface area contributed by atoms with Crippen LogP contribution in [0.2, 0.25) is 0 Å². The molecule has 1 aliphatic heterocycles. The van der Waals surface area contributed by atoms with Crippen LogP contribution in [-0.4, -0.2) is 24.8 Å². The number of carbonyl (C=O) groups is 1. The second kappa shape index (κ2) is 3.32. The lowest BCUT2D eigenvalue weighted by atomic mass is 10.2. The van der Waals surface area contributed by atoms with Gasteiger partial charge in [-0.05, 0) is 26.7 Å². The third-order valence-electron chi connectivity index (χ3n) is 1.67. The molecule has 1 saturated heterocycles. The van der Waals surface area contributed by atoms with Crippen LogP contribution >= 0.6 is 0 Å². The maximum absolute atomic E-state index is 10.4. The van der Waals surface area contributed by atoms with Crippen LogP contribution in [0.5, 0.6) is 0 Å². The van der Waals surface area contributed by atoms with E-state index in [0.29, 0.717) is 6.61 Å². The van der Waals surface area contributed by atoms with Crippen molar-refractivity contribution in [2.75, 3.05) is 6.61 Å². The molecule has 0 radical (unpaired) electrons. The maximum Gasteiger partial charge on any atom is 0.163 e. The summed E-state index contributed by atoms with van der Waals surface area (Å²) in [6.07, 6.45) is 2.23. The number of rotatable bonds is 1. The summed E-state index contributed by atoms with van der Waals surface area (Å²) in [6, 6.07) is 0. The zero-order valence-electron chi connectivity index (χ0n) is 7.00. The number of ether oxygens (including phenoxy) is 2. The first kappa shape index (κ1) is 8.68. The fourth-order valence-corrected chi connectivity index (χ4v) is 1.16. The Balaban J connectivity index is 2.53. The lowest BCUT2D eigenvalue weighted by Gasteiger charge is -2.24. The molecule has 0 aromatic rings. The Morgan fingerprint density at radius 2 is 2.27 bits per heavy atom. The lowest BCUT2D eigenvalue weighted by molar-refractivity contribution is -0.217. The van der Waals surface area contributed by atoms with E-state index in [2.05, 4.69) is 0 Å². The van der Waals surface area contributed by atoms with Gasteiger partial charge in [0.1, 0.15) is 12.4 Å². The maximum atomic E-state index is 10.4. The Labute approximate surface area is 66.7 Å². The minimum absolute atomic E-state index is 0.285. The second-order valence-corrected chi connectivity index (χ2v) is 3.18. The van der Waals surface area contributed by atoms with Crippen LogP contribution in [0.25, 0.3) is 0 Å². The smallest absolute Gasteiger partial charge is 0.163 e. The monoisotopic (exact) mass is 158 g/mol. The third kappa shape index (κ3) is 2.60. The second-order valence-electron chi connectivity index (χ2n) is 3.18. The molecule has 3 nitrogen and oxygen atoms in total. The molecule has 1 atom stereocenters.